The smallest absolute Gasteiger partial charge is 0.220 e. The van der Waals surface area contributed by atoms with Gasteiger partial charge in [-0.3, -0.25) is 4.79 Å². The van der Waals surface area contributed by atoms with Crippen molar-refractivity contribution < 1.29 is 4.79 Å². The topological polar surface area (TPSA) is 32.3 Å². The minimum absolute atomic E-state index is 0.163. The first-order valence-corrected chi connectivity index (χ1v) is 8.24. The van der Waals surface area contributed by atoms with Crippen LogP contribution < -0.4 is 5.32 Å². The average molecular weight is 309 g/mol. The van der Waals surface area contributed by atoms with Gasteiger partial charge in [0.2, 0.25) is 5.91 Å². The monoisotopic (exact) mass is 308 g/mol. The van der Waals surface area contributed by atoms with E-state index in [0.29, 0.717) is 19.0 Å². The number of likely N-dealkylation sites (tertiary alicyclic amines) is 1. The van der Waals surface area contributed by atoms with Gasteiger partial charge in [0.15, 0.2) is 0 Å². The van der Waals surface area contributed by atoms with Gasteiger partial charge in [0, 0.05) is 24.0 Å². The first kappa shape index (κ1) is 16.3. The summed E-state index contributed by atoms with van der Waals surface area (Å²) in [6.07, 6.45) is 6.25. The van der Waals surface area contributed by atoms with Crippen LogP contribution in [0.3, 0.4) is 0 Å². The summed E-state index contributed by atoms with van der Waals surface area (Å²) in [5.41, 5.74) is 1.16. The third-order valence-corrected chi connectivity index (χ3v) is 4.49. The Morgan fingerprint density at radius 1 is 1.43 bits per heavy atom. The predicted octanol–water partition coefficient (Wildman–Crippen LogP) is 3.26. The molecule has 1 aliphatic heterocycles. The van der Waals surface area contributed by atoms with E-state index in [0.717, 1.165) is 23.4 Å². The summed E-state index contributed by atoms with van der Waals surface area (Å²) in [5.74, 6) is 0.163. The quantitative estimate of drug-likeness (QED) is 0.875. The maximum atomic E-state index is 11.9. The van der Waals surface area contributed by atoms with E-state index in [9.17, 15) is 4.79 Å². The molecule has 1 aliphatic rings. The van der Waals surface area contributed by atoms with Crippen molar-refractivity contribution in [3.05, 3.63) is 34.9 Å². The van der Waals surface area contributed by atoms with Crippen molar-refractivity contribution >= 4 is 17.5 Å². The largest absolute Gasteiger partial charge is 0.356 e. The van der Waals surface area contributed by atoms with E-state index in [4.69, 9.17) is 11.6 Å². The molecule has 1 atom stereocenters. The van der Waals surface area contributed by atoms with Crippen LogP contribution in [0, 0.1) is 0 Å². The summed E-state index contributed by atoms with van der Waals surface area (Å²) < 4.78 is 0. The van der Waals surface area contributed by atoms with E-state index in [-0.39, 0.29) is 5.91 Å². The normalized spacial score (nSPS) is 19.4. The number of halogens is 1. The van der Waals surface area contributed by atoms with E-state index in [1.807, 2.05) is 24.3 Å². The van der Waals surface area contributed by atoms with E-state index >= 15 is 0 Å². The van der Waals surface area contributed by atoms with E-state index < -0.39 is 0 Å². The number of rotatable bonds is 6. The number of nitrogens with zero attached hydrogens (tertiary/aromatic N) is 1. The molecule has 2 rings (SSSR count). The highest BCUT2D eigenvalue weighted by Crippen LogP contribution is 2.18. The number of carbonyl (C=O) groups excluding carboxylic acids is 1. The molecule has 1 N–H and O–H groups in total. The van der Waals surface area contributed by atoms with Crippen molar-refractivity contribution in [1.29, 1.82) is 0 Å². The average Bonchev–Trinajstić information content (AvgIpc) is 2.46. The van der Waals surface area contributed by atoms with Gasteiger partial charge in [0.25, 0.3) is 0 Å². The van der Waals surface area contributed by atoms with Crippen molar-refractivity contribution in [1.82, 2.24) is 10.2 Å². The van der Waals surface area contributed by atoms with Gasteiger partial charge in [-0.15, -0.1) is 0 Å². The predicted molar refractivity (Wildman–Crippen MR) is 87.7 cm³/mol. The highest BCUT2D eigenvalue weighted by molar-refractivity contribution is 6.30. The molecule has 0 spiro atoms. The van der Waals surface area contributed by atoms with Crippen molar-refractivity contribution in [2.75, 3.05) is 20.1 Å². The fourth-order valence-electron chi connectivity index (χ4n) is 2.93. The van der Waals surface area contributed by atoms with Crippen molar-refractivity contribution in [2.45, 2.75) is 44.6 Å². The van der Waals surface area contributed by atoms with Gasteiger partial charge < -0.3 is 10.2 Å². The molecule has 1 amide bonds. The molecule has 1 fully saturated rings. The van der Waals surface area contributed by atoms with Crippen LogP contribution in [0.25, 0.3) is 0 Å². The fourth-order valence-corrected chi connectivity index (χ4v) is 3.15. The Bertz CT molecular complexity index is 464. The molecule has 3 nitrogen and oxygen atoms in total. The minimum atomic E-state index is 0.163. The summed E-state index contributed by atoms with van der Waals surface area (Å²) >= 11 is 5.94. The zero-order chi connectivity index (χ0) is 15.1. The number of hydrogen-bond donors (Lipinski definition) is 1. The summed E-state index contributed by atoms with van der Waals surface area (Å²) in [6, 6.07) is 8.38. The van der Waals surface area contributed by atoms with Gasteiger partial charge in [-0.05, 0) is 57.0 Å². The van der Waals surface area contributed by atoms with Gasteiger partial charge in [-0.2, -0.15) is 0 Å². The molecule has 0 radical (unpaired) electrons. The summed E-state index contributed by atoms with van der Waals surface area (Å²) in [4.78, 5) is 14.3. The molecule has 4 heteroatoms. The molecular formula is C17H25ClN2O. The zero-order valence-corrected chi connectivity index (χ0v) is 13.5. The third kappa shape index (κ3) is 5.68. The van der Waals surface area contributed by atoms with Gasteiger partial charge in [0.1, 0.15) is 0 Å². The van der Waals surface area contributed by atoms with Crippen LogP contribution in [0.1, 0.15) is 37.7 Å². The first-order chi connectivity index (χ1) is 10.1. The second kappa shape index (κ2) is 8.40. The van der Waals surface area contributed by atoms with Gasteiger partial charge >= 0.3 is 0 Å². The number of carbonyl (C=O) groups is 1. The fraction of sp³-hybridized carbons (Fsp3) is 0.588. The molecule has 116 valence electrons. The number of nitrogens with one attached hydrogen (secondary N) is 1. The van der Waals surface area contributed by atoms with Gasteiger partial charge in [-0.25, -0.2) is 0 Å². The van der Waals surface area contributed by atoms with Crippen LogP contribution in [-0.2, 0) is 11.2 Å². The van der Waals surface area contributed by atoms with Crippen molar-refractivity contribution in [2.24, 2.45) is 0 Å². The molecule has 0 bridgehead atoms. The third-order valence-electron chi connectivity index (χ3n) is 4.25. The van der Waals surface area contributed by atoms with Gasteiger partial charge in [-0.1, -0.05) is 30.2 Å². The standard InChI is InChI=1S/C17H25ClN2O/c1-20-12-3-2-7-16(20)8-9-17(21)19-11-10-14-5-4-6-15(18)13-14/h4-6,13,16H,2-3,7-12H2,1H3,(H,19,21)/t16-/m0/s1. The lowest BCUT2D eigenvalue weighted by molar-refractivity contribution is -0.121. The number of amides is 1. The molecular weight excluding hydrogens is 284 g/mol. The van der Waals surface area contributed by atoms with Crippen molar-refractivity contribution in [3.63, 3.8) is 0 Å². The summed E-state index contributed by atoms with van der Waals surface area (Å²) in [7, 11) is 2.17. The Hall–Kier alpha value is -1.06. The lowest BCUT2D eigenvalue weighted by Crippen LogP contribution is -2.37. The maximum Gasteiger partial charge on any atom is 0.220 e. The Balaban J connectivity index is 1.63. The molecule has 0 aromatic heterocycles. The van der Waals surface area contributed by atoms with E-state index in [1.54, 1.807) is 0 Å². The zero-order valence-electron chi connectivity index (χ0n) is 12.8. The van der Waals surface area contributed by atoms with Crippen LogP contribution in [-0.4, -0.2) is 37.0 Å². The summed E-state index contributed by atoms with van der Waals surface area (Å²) in [6.45, 7) is 1.85. The van der Waals surface area contributed by atoms with Crippen LogP contribution in [0.5, 0.6) is 0 Å². The Labute approximate surface area is 132 Å². The molecule has 0 aliphatic carbocycles. The van der Waals surface area contributed by atoms with Gasteiger partial charge in [0.05, 0.1) is 0 Å². The maximum absolute atomic E-state index is 11.9. The summed E-state index contributed by atoms with van der Waals surface area (Å²) in [5, 5.41) is 3.75. The number of piperidine rings is 1. The molecule has 0 saturated carbocycles. The van der Waals surface area contributed by atoms with E-state index in [2.05, 4.69) is 17.3 Å². The molecule has 1 aromatic carbocycles. The molecule has 21 heavy (non-hydrogen) atoms. The SMILES string of the molecule is CN1CCCC[C@H]1CCC(=O)NCCc1cccc(Cl)c1. The molecule has 1 aromatic rings. The molecule has 1 saturated heterocycles. The molecule has 0 unspecified atom stereocenters. The first-order valence-electron chi connectivity index (χ1n) is 7.86. The highest BCUT2D eigenvalue weighted by Gasteiger charge is 2.19. The van der Waals surface area contributed by atoms with Crippen LogP contribution in [0.15, 0.2) is 24.3 Å². The van der Waals surface area contributed by atoms with Crippen molar-refractivity contribution in [3.8, 4) is 0 Å². The lowest BCUT2D eigenvalue weighted by atomic mass is 9.98. The van der Waals surface area contributed by atoms with E-state index in [1.165, 1.54) is 25.8 Å². The molecule has 1 heterocycles. The van der Waals surface area contributed by atoms with Crippen LogP contribution >= 0.6 is 11.6 Å². The number of benzene rings is 1. The second-order valence-corrected chi connectivity index (χ2v) is 6.34. The number of hydrogen-bond acceptors (Lipinski definition) is 2. The Kier molecular flexibility index (Phi) is 6.52. The highest BCUT2D eigenvalue weighted by atomic mass is 35.5. The Morgan fingerprint density at radius 2 is 2.29 bits per heavy atom. The minimum Gasteiger partial charge on any atom is -0.356 e. The second-order valence-electron chi connectivity index (χ2n) is 5.90. The Morgan fingerprint density at radius 3 is 3.05 bits per heavy atom. The lowest BCUT2D eigenvalue weighted by Gasteiger charge is -2.32. The van der Waals surface area contributed by atoms with Crippen LogP contribution in [0.4, 0.5) is 0 Å². The van der Waals surface area contributed by atoms with Crippen LogP contribution in [0.2, 0.25) is 5.02 Å².